The summed E-state index contributed by atoms with van der Waals surface area (Å²) in [6.07, 6.45) is 4.30. The Kier molecular flexibility index (Phi) is 4.48. The van der Waals surface area contributed by atoms with Crippen LogP contribution in [-0.4, -0.2) is 27.7 Å². The van der Waals surface area contributed by atoms with Crippen LogP contribution in [0.15, 0.2) is 12.3 Å². The molecule has 7 heteroatoms. The summed E-state index contributed by atoms with van der Waals surface area (Å²) >= 11 is 0. The molecule has 0 unspecified atom stereocenters. The fourth-order valence-electron chi connectivity index (χ4n) is 2.31. The average molecular weight is 277 g/mol. The van der Waals surface area contributed by atoms with Gasteiger partial charge < -0.3 is 9.84 Å². The number of hydrogen-bond donors (Lipinski definition) is 1. The Labute approximate surface area is 116 Å². The quantitative estimate of drug-likeness (QED) is 0.663. The normalized spacial score (nSPS) is 22.0. The van der Waals surface area contributed by atoms with Crippen LogP contribution in [-0.2, 0) is 0 Å². The second-order valence-corrected chi connectivity index (χ2v) is 4.86. The van der Waals surface area contributed by atoms with Crippen molar-refractivity contribution < 1.29 is 14.8 Å². The van der Waals surface area contributed by atoms with Crippen molar-refractivity contribution in [3.63, 3.8) is 0 Å². The van der Waals surface area contributed by atoms with Gasteiger partial charge in [0.25, 0.3) is 5.88 Å². The van der Waals surface area contributed by atoms with E-state index in [1.807, 2.05) is 6.07 Å². The van der Waals surface area contributed by atoms with Gasteiger partial charge in [-0.15, -0.1) is 0 Å². The van der Waals surface area contributed by atoms with Gasteiger partial charge in [-0.25, -0.2) is 4.98 Å². The SMILES string of the molecule is N#Cc1cnc(OC2CCC(CO)CC2)c([N+](=O)[O-])c1. The Morgan fingerprint density at radius 3 is 2.75 bits per heavy atom. The number of aliphatic hydroxyl groups is 1. The summed E-state index contributed by atoms with van der Waals surface area (Å²) in [5.74, 6) is 0.250. The Morgan fingerprint density at radius 1 is 1.50 bits per heavy atom. The molecule has 0 saturated heterocycles. The molecule has 1 aliphatic carbocycles. The number of ether oxygens (including phenoxy) is 1. The van der Waals surface area contributed by atoms with Gasteiger partial charge in [0.2, 0.25) is 0 Å². The van der Waals surface area contributed by atoms with E-state index in [1.165, 1.54) is 12.3 Å². The molecule has 1 aromatic heterocycles. The first kappa shape index (κ1) is 14.2. The summed E-state index contributed by atoms with van der Waals surface area (Å²) in [4.78, 5) is 14.2. The number of rotatable bonds is 4. The van der Waals surface area contributed by atoms with Crippen LogP contribution in [0.1, 0.15) is 31.2 Å². The minimum atomic E-state index is -0.595. The average Bonchev–Trinajstić information content (AvgIpc) is 2.48. The summed E-state index contributed by atoms with van der Waals surface area (Å²) in [5, 5.41) is 28.8. The number of pyridine rings is 1. The van der Waals surface area contributed by atoms with Crippen molar-refractivity contribution in [2.45, 2.75) is 31.8 Å². The summed E-state index contributed by atoms with van der Waals surface area (Å²) in [6.45, 7) is 0.169. The van der Waals surface area contributed by atoms with Crippen molar-refractivity contribution in [1.82, 2.24) is 4.98 Å². The molecule has 1 aliphatic rings. The third-order valence-corrected chi connectivity index (χ3v) is 3.49. The Morgan fingerprint density at radius 2 is 2.20 bits per heavy atom. The van der Waals surface area contributed by atoms with Crippen molar-refractivity contribution in [3.05, 3.63) is 27.9 Å². The molecule has 0 amide bonds. The van der Waals surface area contributed by atoms with E-state index >= 15 is 0 Å². The van der Waals surface area contributed by atoms with Crippen LogP contribution in [0.3, 0.4) is 0 Å². The van der Waals surface area contributed by atoms with Gasteiger partial charge in [0.1, 0.15) is 12.2 Å². The van der Waals surface area contributed by atoms with Crippen LogP contribution in [0.2, 0.25) is 0 Å². The van der Waals surface area contributed by atoms with Crippen molar-refractivity contribution in [2.24, 2.45) is 5.92 Å². The minimum absolute atomic E-state index is 0.0403. The van der Waals surface area contributed by atoms with Gasteiger partial charge in [-0.05, 0) is 31.6 Å². The van der Waals surface area contributed by atoms with Crippen LogP contribution in [0, 0.1) is 27.4 Å². The monoisotopic (exact) mass is 277 g/mol. The van der Waals surface area contributed by atoms with Crippen LogP contribution in [0.25, 0.3) is 0 Å². The third-order valence-electron chi connectivity index (χ3n) is 3.49. The van der Waals surface area contributed by atoms with Gasteiger partial charge in [-0.1, -0.05) is 0 Å². The summed E-state index contributed by atoms with van der Waals surface area (Å²) in [6, 6.07) is 2.98. The van der Waals surface area contributed by atoms with E-state index in [-0.39, 0.29) is 29.8 Å². The zero-order chi connectivity index (χ0) is 14.5. The van der Waals surface area contributed by atoms with Crippen molar-refractivity contribution >= 4 is 5.69 Å². The van der Waals surface area contributed by atoms with Gasteiger partial charge in [0.05, 0.1) is 10.5 Å². The molecule has 2 rings (SSSR count). The van der Waals surface area contributed by atoms with Crippen molar-refractivity contribution in [1.29, 1.82) is 5.26 Å². The highest BCUT2D eigenvalue weighted by Gasteiger charge is 2.26. The Balaban J connectivity index is 2.10. The molecule has 0 aliphatic heterocycles. The summed E-state index contributed by atoms with van der Waals surface area (Å²) in [5.41, 5.74) is -0.152. The first-order chi connectivity index (χ1) is 9.63. The zero-order valence-corrected chi connectivity index (χ0v) is 10.9. The van der Waals surface area contributed by atoms with Gasteiger partial charge in [0.15, 0.2) is 0 Å². The van der Waals surface area contributed by atoms with Gasteiger partial charge in [0, 0.05) is 18.9 Å². The summed E-state index contributed by atoms with van der Waals surface area (Å²) in [7, 11) is 0. The molecule has 0 atom stereocenters. The second-order valence-electron chi connectivity index (χ2n) is 4.86. The lowest BCUT2D eigenvalue weighted by molar-refractivity contribution is -0.386. The maximum atomic E-state index is 11.0. The number of nitriles is 1. The summed E-state index contributed by atoms with van der Waals surface area (Å²) < 4.78 is 5.60. The van der Waals surface area contributed by atoms with E-state index < -0.39 is 4.92 Å². The highest BCUT2D eigenvalue weighted by Crippen LogP contribution is 2.31. The lowest BCUT2D eigenvalue weighted by Crippen LogP contribution is -2.26. The third kappa shape index (κ3) is 3.22. The molecule has 1 N–H and O–H groups in total. The zero-order valence-electron chi connectivity index (χ0n) is 10.9. The van der Waals surface area contributed by atoms with Gasteiger partial charge in [-0.3, -0.25) is 10.1 Å². The number of nitrogens with zero attached hydrogens (tertiary/aromatic N) is 3. The predicted octanol–water partition coefficient (Wildman–Crippen LogP) is 1.79. The molecular formula is C13H15N3O4. The number of aliphatic hydroxyl groups excluding tert-OH is 1. The maximum absolute atomic E-state index is 11.0. The molecule has 0 radical (unpaired) electrons. The van der Waals surface area contributed by atoms with E-state index in [9.17, 15) is 10.1 Å². The molecule has 1 saturated carbocycles. The first-order valence-corrected chi connectivity index (χ1v) is 6.46. The van der Waals surface area contributed by atoms with E-state index in [1.54, 1.807) is 0 Å². The second kappa shape index (κ2) is 6.30. The fraction of sp³-hybridized carbons (Fsp3) is 0.538. The highest BCUT2D eigenvalue weighted by molar-refractivity contribution is 5.46. The lowest BCUT2D eigenvalue weighted by atomic mass is 9.88. The standard InChI is InChI=1S/C13H15N3O4/c14-6-10-5-12(16(18)19)13(15-7-10)20-11-3-1-9(8-17)2-4-11/h5,7,9,11,17H,1-4,8H2. The van der Waals surface area contributed by atoms with E-state index in [4.69, 9.17) is 15.1 Å². The molecule has 0 spiro atoms. The van der Waals surface area contributed by atoms with E-state index in [2.05, 4.69) is 4.98 Å². The van der Waals surface area contributed by atoms with Crippen LogP contribution in [0.5, 0.6) is 5.88 Å². The largest absolute Gasteiger partial charge is 0.469 e. The molecule has 0 bridgehead atoms. The number of hydrogen-bond acceptors (Lipinski definition) is 6. The molecule has 7 nitrogen and oxygen atoms in total. The van der Waals surface area contributed by atoms with E-state index in [0.717, 1.165) is 25.7 Å². The smallest absolute Gasteiger partial charge is 0.332 e. The van der Waals surface area contributed by atoms with Gasteiger partial charge >= 0.3 is 5.69 Å². The molecule has 106 valence electrons. The van der Waals surface area contributed by atoms with Crippen molar-refractivity contribution in [2.75, 3.05) is 6.61 Å². The number of aromatic nitrogens is 1. The maximum Gasteiger partial charge on any atom is 0.332 e. The first-order valence-electron chi connectivity index (χ1n) is 6.46. The van der Waals surface area contributed by atoms with Crippen LogP contribution >= 0.6 is 0 Å². The highest BCUT2D eigenvalue weighted by atomic mass is 16.6. The van der Waals surface area contributed by atoms with E-state index in [0.29, 0.717) is 5.92 Å². The molecule has 1 aromatic rings. The Bertz CT molecular complexity index is 533. The molecule has 20 heavy (non-hydrogen) atoms. The topological polar surface area (TPSA) is 109 Å². The number of nitro groups is 1. The minimum Gasteiger partial charge on any atom is -0.469 e. The Hall–Kier alpha value is -2.20. The molecule has 0 aromatic carbocycles. The molecule has 1 fully saturated rings. The fourth-order valence-corrected chi connectivity index (χ4v) is 2.31. The molecular weight excluding hydrogens is 262 g/mol. The van der Waals surface area contributed by atoms with Crippen LogP contribution < -0.4 is 4.74 Å². The molecule has 1 heterocycles. The lowest BCUT2D eigenvalue weighted by Gasteiger charge is -2.27. The van der Waals surface area contributed by atoms with Crippen molar-refractivity contribution in [3.8, 4) is 11.9 Å². The van der Waals surface area contributed by atoms with Crippen LogP contribution in [0.4, 0.5) is 5.69 Å². The predicted molar refractivity (Wildman–Crippen MR) is 69.1 cm³/mol. The van der Waals surface area contributed by atoms with Gasteiger partial charge in [-0.2, -0.15) is 5.26 Å².